The van der Waals surface area contributed by atoms with Crippen LogP contribution in [-0.4, -0.2) is 59.0 Å². The lowest BCUT2D eigenvalue weighted by molar-refractivity contribution is -0.207. The number of hydrogen-bond donors (Lipinski definition) is 3. The molecular weight excluding hydrogens is 506 g/mol. The third-order valence-electron chi connectivity index (χ3n) is 10.8. The van der Waals surface area contributed by atoms with Gasteiger partial charge < -0.3 is 29.4 Å². The van der Waals surface area contributed by atoms with Crippen molar-refractivity contribution in [3.05, 3.63) is 36.2 Å². The molecule has 0 unspecified atom stereocenters. The van der Waals surface area contributed by atoms with Crippen molar-refractivity contribution in [1.82, 2.24) is 0 Å². The van der Waals surface area contributed by atoms with Crippen LogP contribution in [-0.2, 0) is 25.6 Å². The SMILES string of the molecule is C=C[C@]1(C)C[C@@H](OC(=O)COc2cc3c(cc2F)COB3O)[C@]2(C)[C@H](C)CC[C@]3(C[C@H](O)C(=O)[C@H]32)[C@@H](C)[C@@H]1O. The van der Waals surface area contributed by atoms with E-state index < -0.39 is 66.0 Å². The molecule has 0 saturated heterocycles. The molecule has 3 saturated carbocycles. The van der Waals surface area contributed by atoms with Crippen molar-refractivity contribution in [2.24, 2.45) is 34.0 Å². The lowest BCUT2D eigenvalue weighted by Crippen LogP contribution is -2.63. The molecular formula is C29H38BFO8. The Hall–Kier alpha value is -2.27. The minimum Gasteiger partial charge on any atom is -0.479 e. The fraction of sp³-hybridized carbons (Fsp3) is 0.655. The molecule has 4 aliphatic rings. The van der Waals surface area contributed by atoms with E-state index in [1.165, 1.54) is 12.1 Å². The van der Waals surface area contributed by atoms with E-state index in [4.69, 9.17) is 14.1 Å². The number of hydrogen-bond acceptors (Lipinski definition) is 8. The number of ketones is 1. The highest BCUT2D eigenvalue weighted by Crippen LogP contribution is 2.68. The molecule has 39 heavy (non-hydrogen) atoms. The van der Waals surface area contributed by atoms with Crippen molar-refractivity contribution in [3.63, 3.8) is 0 Å². The van der Waals surface area contributed by atoms with Gasteiger partial charge in [0.05, 0.1) is 12.7 Å². The van der Waals surface area contributed by atoms with Crippen molar-refractivity contribution < 1.29 is 43.3 Å². The molecule has 0 spiro atoms. The lowest BCUT2D eigenvalue weighted by Gasteiger charge is -2.61. The van der Waals surface area contributed by atoms with Crippen LogP contribution in [0, 0.1) is 39.8 Å². The number of ether oxygens (including phenoxy) is 2. The van der Waals surface area contributed by atoms with Crippen LogP contribution in [0.1, 0.15) is 58.9 Å². The van der Waals surface area contributed by atoms with E-state index in [1.54, 1.807) is 6.08 Å². The molecule has 1 aromatic rings. The molecule has 3 N–H and O–H groups in total. The Balaban J connectivity index is 1.46. The zero-order valence-corrected chi connectivity index (χ0v) is 23.0. The monoisotopic (exact) mass is 544 g/mol. The molecule has 9 atom stereocenters. The Labute approximate surface area is 228 Å². The molecule has 10 heteroatoms. The topological polar surface area (TPSA) is 123 Å². The number of aliphatic hydroxyl groups excluding tert-OH is 2. The number of Topliss-reactive ketones (excluding diaryl/α,β-unsaturated/α-hetero) is 1. The van der Waals surface area contributed by atoms with Gasteiger partial charge in [0.15, 0.2) is 24.0 Å². The van der Waals surface area contributed by atoms with E-state index in [0.29, 0.717) is 17.4 Å². The summed E-state index contributed by atoms with van der Waals surface area (Å²) in [7, 11) is -1.19. The molecule has 3 fully saturated rings. The second kappa shape index (κ2) is 9.68. The Morgan fingerprint density at radius 1 is 1.28 bits per heavy atom. The standard InChI is InChI=1S/C29H38BFO8/c1-6-27(4)12-22(39-23(33)14-37-21-10-18-17(9-19(21)31)13-38-30(18)36)28(5)15(2)7-8-29(16(3)26(27)35)11-20(32)24(34)25(28)29/h6,9-10,15-16,20,22,25-26,32,35-36H,1,7-8,11-14H2,2-5H3/t15-,16+,20+,22-,25+,26+,27-,28+,29+/m1/s1. The van der Waals surface area contributed by atoms with Gasteiger partial charge in [-0.25, -0.2) is 9.18 Å². The van der Waals surface area contributed by atoms with E-state index in [9.17, 15) is 29.2 Å². The van der Waals surface area contributed by atoms with Crippen LogP contribution >= 0.6 is 0 Å². The number of halogens is 1. The summed E-state index contributed by atoms with van der Waals surface area (Å²) in [6.07, 6.45) is 0.802. The third kappa shape index (κ3) is 4.17. The smallest absolute Gasteiger partial charge is 0.479 e. The molecule has 0 radical (unpaired) electrons. The van der Waals surface area contributed by atoms with Gasteiger partial charge in [0.2, 0.25) is 0 Å². The highest BCUT2D eigenvalue weighted by Gasteiger charge is 2.70. The van der Waals surface area contributed by atoms with Gasteiger partial charge >= 0.3 is 13.1 Å². The molecule has 8 nitrogen and oxygen atoms in total. The minimum atomic E-state index is -1.19. The first kappa shape index (κ1) is 28.3. The molecule has 212 valence electrons. The summed E-state index contributed by atoms with van der Waals surface area (Å²) in [6, 6.07) is 2.52. The van der Waals surface area contributed by atoms with E-state index in [0.717, 1.165) is 6.42 Å². The molecule has 0 aromatic heterocycles. The fourth-order valence-corrected chi connectivity index (χ4v) is 8.15. The quantitative estimate of drug-likeness (QED) is 0.293. The normalized spacial score (nSPS) is 41.3. The average Bonchev–Trinajstić information content (AvgIpc) is 3.39. The number of benzene rings is 1. The van der Waals surface area contributed by atoms with Crippen LogP contribution in [0.4, 0.5) is 4.39 Å². The maximum atomic E-state index is 14.6. The molecule has 5 rings (SSSR count). The Morgan fingerprint density at radius 3 is 2.69 bits per heavy atom. The second-order valence-electron chi connectivity index (χ2n) is 12.7. The molecule has 0 amide bonds. The van der Waals surface area contributed by atoms with Gasteiger partial charge in [0, 0.05) is 16.7 Å². The zero-order valence-electron chi connectivity index (χ0n) is 23.0. The number of rotatable bonds is 5. The predicted octanol–water partition coefficient (Wildman–Crippen LogP) is 2.30. The number of carbonyl (C=O) groups excluding carboxylic acids is 2. The van der Waals surface area contributed by atoms with Crippen molar-refractivity contribution in [3.8, 4) is 5.75 Å². The van der Waals surface area contributed by atoms with Crippen LogP contribution in [0.5, 0.6) is 5.75 Å². The van der Waals surface area contributed by atoms with E-state index in [-0.39, 0.29) is 42.8 Å². The van der Waals surface area contributed by atoms with Gasteiger partial charge in [-0.15, -0.1) is 6.58 Å². The minimum absolute atomic E-state index is 0.0178. The van der Waals surface area contributed by atoms with Crippen LogP contribution in [0.2, 0.25) is 0 Å². The first-order valence-electron chi connectivity index (χ1n) is 13.8. The summed E-state index contributed by atoms with van der Waals surface area (Å²) in [5, 5.41) is 32.3. The van der Waals surface area contributed by atoms with Gasteiger partial charge in [-0.3, -0.25) is 4.79 Å². The lowest BCUT2D eigenvalue weighted by atomic mass is 9.44. The Kier molecular flexibility index (Phi) is 7.02. The predicted molar refractivity (Wildman–Crippen MR) is 140 cm³/mol. The summed E-state index contributed by atoms with van der Waals surface area (Å²) in [6.45, 7) is 11.3. The van der Waals surface area contributed by atoms with Crippen molar-refractivity contribution in [2.75, 3.05) is 6.61 Å². The van der Waals surface area contributed by atoms with Gasteiger partial charge in [0.25, 0.3) is 0 Å². The Morgan fingerprint density at radius 2 is 2.00 bits per heavy atom. The molecule has 2 bridgehead atoms. The van der Waals surface area contributed by atoms with Crippen LogP contribution in [0.25, 0.3) is 0 Å². The van der Waals surface area contributed by atoms with E-state index in [1.807, 2.05) is 27.7 Å². The number of esters is 1. The maximum absolute atomic E-state index is 14.6. The molecule has 3 aliphatic carbocycles. The first-order chi connectivity index (χ1) is 18.3. The number of aliphatic hydroxyl groups is 2. The second-order valence-corrected chi connectivity index (χ2v) is 12.7. The van der Waals surface area contributed by atoms with Crippen molar-refractivity contribution in [2.45, 2.75) is 78.3 Å². The summed E-state index contributed by atoms with van der Waals surface area (Å²) >= 11 is 0. The van der Waals surface area contributed by atoms with Gasteiger partial charge in [-0.2, -0.15) is 0 Å². The third-order valence-corrected chi connectivity index (χ3v) is 10.8. The van der Waals surface area contributed by atoms with Crippen molar-refractivity contribution >= 4 is 24.3 Å². The number of fused-ring (bicyclic) bond motifs is 1. The summed E-state index contributed by atoms with van der Waals surface area (Å²) < 4.78 is 31.3. The molecule has 1 heterocycles. The van der Waals surface area contributed by atoms with Crippen LogP contribution in [0.15, 0.2) is 24.8 Å². The van der Waals surface area contributed by atoms with Gasteiger partial charge in [-0.05, 0) is 66.1 Å². The Bertz CT molecular complexity index is 1190. The highest BCUT2D eigenvalue weighted by atomic mass is 19.1. The molecule has 1 aromatic carbocycles. The zero-order chi connectivity index (χ0) is 28.5. The van der Waals surface area contributed by atoms with Crippen molar-refractivity contribution in [1.29, 1.82) is 0 Å². The van der Waals surface area contributed by atoms with Gasteiger partial charge in [0.1, 0.15) is 12.2 Å². The summed E-state index contributed by atoms with van der Waals surface area (Å²) in [5.41, 5.74) is -1.41. The molecule has 1 aliphatic heterocycles. The number of carbonyl (C=O) groups is 2. The fourth-order valence-electron chi connectivity index (χ4n) is 8.15. The van der Waals surface area contributed by atoms with E-state index >= 15 is 0 Å². The largest absolute Gasteiger partial charge is 0.491 e. The maximum Gasteiger partial charge on any atom is 0.491 e. The van der Waals surface area contributed by atoms with E-state index in [2.05, 4.69) is 6.58 Å². The summed E-state index contributed by atoms with van der Waals surface area (Å²) in [4.78, 5) is 26.8. The highest BCUT2D eigenvalue weighted by molar-refractivity contribution is 6.61. The van der Waals surface area contributed by atoms with Gasteiger partial charge in [-0.1, -0.05) is 33.8 Å². The average molecular weight is 544 g/mol. The summed E-state index contributed by atoms with van der Waals surface area (Å²) in [5.74, 6) is -2.82. The van der Waals surface area contributed by atoms with Crippen LogP contribution in [0.3, 0.4) is 0 Å². The van der Waals surface area contributed by atoms with Crippen LogP contribution < -0.4 is 10.2 Å². The first-order valence-corrected chi connectivity index (χ1v) is 13.8.